The van der Waals surface area contributed by atoms with Crippen LogP contribution in [-0.4, -0.2) is 66.7 Å². The Morgan fingerprint density at radius 3 is 2.31 bits per heavy atom. The van der Waals surface area contributed by atoms with Crippen molar-refractivity contribution >= 4 is 29.7 Å². The van der Waals surface area contributed by atoms with Gasteiger partial charge in [-0.1, -0.05) is 54.6 Å². The standard InChI is InChI=1S/C25H30N4O3/c1-18(23(30)24(26)31)27-25(32)22-6-4-3-5-21(22)12-11-19-7-9-20(10-8-19)17-29-15-13-28(2)14-16-29/h3-12,18H,13-17H2,1-2H3,(H2,26,31)(H,27,32). The van der Waals surface area contributed by atoms with Crippen molar-refractivity contribution in [2.24, 2.45) is 5.73 Å². The molecule has 0 radical (unpaired) electrons. The van der Waals surface area contributed by atoms with E-state index in [1.54, 1.807) is 12.1 Å². The number of carbonyl (C=O) groups excluding carboxylic acids is 3. The molecule has 2 aromatic carbocycles. The Hall–Kier alpha value is -3.29. The number of nitrogens with two attached hydrogens (primary N) is 1. The summed E-state index contributed by atoms with van der Waals surface area (Å²) < 4.78 is 0. The van der Waals surface area contributed by atoms with Crippen molar-refractivity contribution in [3.05, 3.63) is 70.8 Å². The Kier molecular flexibility index (Phi) is 7.92. The fraction of sp³-hybridized carbons (Fsp3) is 0.320. The largest absolute Gasteiger partial charge is 0.363 e. The van der Waals surface area contributed by atoms with E-state index in [0.29, 0.717) is 11.1 Å². The minimum atomic E-state index is -1.07. The molecule has 7 nitrogen and oxygen atoms in total. The number of hydrogen-bond donors (Lipinski definition) is 2. The predicted molar refractivity (Wildman–Crippen MR) is 126 cm³/mol. The van der Waals surface area contributed by atoms with Gasteiger partial charge < -0.3 is 16.0 Å². The highest BCUT2D eigenvalue weighted by Gasteiger charge is 2.21. The molecule has 1 saturated heterocycles. The van der Waals surface area contributed by atoms with Crippen molar-refractivity contribution in [3.63, 3.8) is 0 Å². The number of Topliss-reactive ketones (excluding diaryl/α,β-unsaturated/α-hetero) is 1. The minimum Gasteiger partial charge on any atom is -0.363 e. The van der Waals surface area contributed by atoms with Gasteiger partial charge in [0, 0.05) is 38.3 Å². The number of ketones is 1. The lowest BCUT2D eigenvalue weighted by atomic mass is 10.0. The van der Waals surface area contributed by atoms with Crippen LogP contribution in [0.15, 0.2) is 48.5 Å². The zero-order chi connectivity index (χ0) is 23.1. The number of hydrogen-bond acceptors (Lipinski definition) is 5. The molecule has 1 fully saturated rings. The van der Waals surface area contributed by atoms with Gasteiger partial charge in [0.25, 0.3) is 11.8 Å². The summed E-state index contributed by atoms with van der Waals surface area (Å²) in [4.78, 5) is 40.1. The van der Waals surface area contributed by atoms with E-state index in [0.717, 1.165) is 38.3 Å². The number of amides is 2. The molecule has 0 spiro atoms. The van der Waals surface area contributed by atoms with E-state index in [4.69, 9.17) is 5.73 Å². The molecule has 1 aliphatic rings. The summed E-state index contributed by atoms with van der Waals surface area (Å²) >= 11 is 0. The molecule has 3 rings (SSSR count). The summed E-state index contributed by atoms with van der Waals surface area (Å²) in [5, 5.41) is 2.53. The van der Waals surface area contributed by atoms with E-state index in [9.17, 15) is 14.4 Å². The van der Waals surface area contributed by atoms with Gasteiger partial charge in [0.2, 0.25) is 5.78 Å². The van der Waals surface area contributed by atoms with E-state index in [1.165, 1.54) is 12.5 Å². The van der Waals surface area contributed by atoms with Gasteiger partial charge in [-0.25, -0.2) is 0 Å². The van der Waals surface area contributed by atoms with Gasteiger partial charge >= 0.3 is 0 Å². The van der Waals surface area contributed by atoms with Gasteiger partial charge in [-0.3, -0.25) is 19.3 Å². The van der Waals surface area contributed by atoms with E-state index in [2.05, 4.69) is 46.4 Å². The second kappa shape index (κ2) is 10.8. The molecule has 0 bridgehead atoms. The maximum absolute atomic E-state index is 12.6. The lowest BCUT2D eigenvalue weighted by Gasteiger charge is -2.32. The molecule has 1 unspecified atom stereocenters. The Morgan fingerprint density at radius 2 is 1.66 bits per heavy atom. The number of nitrogens with zero attached hydrogens (tertiary/aromatic N) is 2. The van der Waals surface area contributed by atoms with Crippen molar-refractivity contribution in [1.82, 2.24) is 15.1 Å². The molecule has 0 saturated carbocycles. The van der Waals surface area contributed by atoms with Crippen molar-refractivity contribution in [3.8, 4) is 0 Å². The molecule has 0 aliphatic carbocycles. The number of nitrogens with one attached hydrogen (secondary N) is 1. The summed E-state index contributed by atoms with van der Waals surface area (Å²) in [6, 6.07) is 14.5. The van der Waals surface area contributed by atoms with E-state index in [1.807, 2.05) is 24.3 Å². The second-order valence-corrected chi connectivity index (χ2v) is 8.17. The molecule has 1 heterocycles. The van der Waals surface area contributed by atoms with Gasteiger partial charge in [0.05, 0.1) is 6.04 Å². The van der Waals surface area contributed by atoms with Gasteiger partial charge in [-0.05, 0) is 36.7 Å². The molecule has 2 aromatic rings. The number of rotatable bonds is 8. The topological polar surface area (TPSA) is 95.7 Å². The molecule has 32 heavy (non-hydrogen) atoms. The highest BCUT2D eigenvalue weighted by Crippen LogP contribution is 2.15. The maximum atomic E-state index is 12.6. The molecular weight excluding hydrogens is 404 g/mol. The second-order valence-electron chi connectivity index (χ2n) is 8.17. The first-order valence-corrected chi connectivity index (χ1v) is 10.7. The van der Waals surface area contributed by atoms with Crippen LogP contribution in [0.4, 0.5) is 0 Å². The van der Waals surface area contributed by atoms with Crippen molar-refractivity contribution in [2.45, 2.75) is 19.5 Å². The summed E-state index contributed by atoms with van der Waals surface area (Å²) in [7, 11) is 2.15. The number of benzene rings is 2. The zero-order valence-corrected chi connectivity index (χ0v) is 18.6. The Labute approximate surface area is 188 Å². The minimum absolute atomic E-state index is 0.416. The van der Waals surface area contributed by atoms with Crippen LogP contribution in [0, 0.1) is 0 Å². The Morgan fingerprint density at radius 1 is 1.00 bits per heavy atom. The SMILES string of the molecule is CC(NC(=O)c1ccccc1C=Cc1ccc(CN2CCN(C)CC2)cc1)C(=O)C(N)=O. The third-order valence-corrected chi connectivity index (χ3v) is 5.63. The van der Waals surface area contributed by atoms with Crippen LogP contribution in [0.1, 0.15) is 34.0 Å². The number of primary amides is 1. The van der Waals surface area contributed by atoms with Crippen LogP contribution in [0.5, 0.6) is 0 Å². The third-order valence-electron chi connectivity index (χ3n) is 5.63. The molecule has 1 aliphatic heterocycles. The average Bonchev–Trinajstić information content (AvgIpc) is 2.79. The lowest BCUT2D eigenvalue weighted by Crippen LogP contribution is -2.44. The van der Waals surface area contributed by atoms with Crippen molar-refractivity contribution in [2.75, 3.05) is 33.2 Å². The average molecular weight is 435 g/mol. The highest BCUT2D eigenvalue weighted by atomic mass is 16.2. The Bertz CT molecular complexity index is 993. The van der Waals surface area contributed by atoms with Crippen LogP contribution in [0.2, 0.25) is 0 Å². The van der Waals surface area contributed by atoms with Crippen molar-refractivity contribution < 1.29 is 14.4 Å². The smallest absolute Gasteiger partial charge is 0.287 e. The molecule has 168 valence electrons. The van der Waals surface area contributed by atoms with Gasteiger partial charge in [0.15, 0.2) is 0 Å². The first kappa shape index (κ1) is 23.4. The fourth-order valence-electron chi connectivity index (χ4n) is 3.59. The molecule has 7 heteroatoms. The first-order valence-electron chi connectivity index (χ1n) is 10.7. The molecule has 1 atom stereocenters. The highest BCUT2D eigenvalue weighted by molar-refractivity contribution is 6.37. The maximum Gasteiger partial charge on any atom is 0.287 e. The van der Waals surface area contributed by atoms with Crippen LogP contribution >= 0.6 is 0 Å². The van der Waals surface area contributed by atoms with Gasteiger partial charge in [-0.15, -0.1) is 0 Å². The van der Waals surface area contributed by atoms with Crippen LogP contribution in [-0.2, 0) is 16.1 Å². The molecule has 2 amide bonds. The summed E-state index contributed by atoms with van der Waals surface area (Å²) in [6.45, 7) is 6.75. The molecular formula is C25H30N4O3. The van der Waals surface area contributed by atoms with Gasteiger partial charge in [0.1, 0.15) is 0 Å². The number of carbonyl (C=O) groups is 3. The summed E-state index contributed by atoms with van der Waals surface area (Å²) in [5.41, 5.74) is 8.44. The van der Waals surface area contributed by atoms with E-state index in [-0.39, 0.29) is 0 Å². The number of piperazine rings is 1. The zero-order valence-electron chi connectivity index (χ0n) is 18.6. The fourth-order valence-corrected chi connectivity index (χ4v) is 3.59. The van der Waals surface area contributed by atoms with Crippen LogP contribution in [0.25, 0.3) is 12.2 Å². The van der Waals surface area contributed by atoms with E-state index < -0.39 is 23.6 Å². The molecule has 3 N–H and O–H groups in total. The van der Waals surface area contributed by atoms with E-state index >= 15 is 0 Å². The van der Waals surface area contributed by atoms with Crippen LogP contribution < -0.4 is 11.1 Å². The Balaban J connectivity index is 1.64. The first-order chi connectivity index (χ1) is 15.3. The van der Waals surface area contributed by atoms with Crippen molar-refractivity contribution in [1.29, 1.82) is 0 Å². The monoisotopic (exact) mass is 434 g/mol. The predicted octanol–water partition coefficient (Wildman–Crippen LogP) is 1.78. The lowest BCUT2D eigenvalue weighted by molar-refractivity contribution is -0.136. The summed E-state index contributed by atoms with van der Waals surface area (Å²) in [6.07, 6.45) is 3.81. The third kappa shape index (κ3) is 6.35. The summed E-state index contributed by atoms with van der Waals surface area (Å²) in [5.74, 6) is -2.33. The normalized spacial score (nSPS) is 16.1. The van der Waals surface area contributed by atoms with Gasteiger partial charge in [-0.2, -0.15) is 0 Å². The quantitative estimate of drug-likeness (QED) is 0.488. The number of likely N-dealkylation sites (N-methyl/N-ethyl adjacent to an activating group) is 1. The van der Waals surface area contributed by atoms with Crippen LogP contribution in [0.3, 0.4) is 0 Å². The molecule has 0 aromatic heterocycles.